The summed E-state index contributed by atoms with van der Waals surface area (Å²) >= 11 is 0. The second kappa shape index (κ2) is 8.32. The Bertz CT molecular complexity index is 1430. The van der Waals surface area contributed by atoms with E-state index >= 15 is 0 Å². The molecular weight excluding hydrogens is 426 g/mol. The number of nitrogens with zero attached hydrogens (tertiary/aromatic N) is 4. The summed E-state index contributed by atoms with van der Waals surface area (Å²) in [5.41, 5.74) is 3.36. The molecule has 0 aliphatic carbocycles. The zero-order chi connectivity index (χ0) is 23.1. The third-order valence-corrected chi connectivity index (χ3v) is 5.73. The molecule has 0 radical (unpaired) electrons. The van der Waals surface area contributed by atoms with Crippen LogP contribution >= 0.6 is 0 Å². The maximum absolute atomic E-state index is 14.9. The summed E-state index contributed by atoms with van der Waals surface area (Å²) in [5.74, 6) is -1.17. The van der Waals surface area contributed by atoms with Gasteiger partial charge in [0.1, 0.15) is 11.2 Å². The number of benzene rings is 2. The van der Waals surface area contributed by atoms with Crippen LogP contribution in [0.1, 0.15) is 31.0 Å². The van der Waals surface area contributed by atoms with Crippen molar-refractivity contribution in [3.63, 3.8) is 0 Å². The van der Waals surface area contributed by atoms with Gasteiger partial charge in [0.05, 0.1) is 17.9 Å². The number of fused-ring (bicyclic) bond motifs is 2. The lowest BCUT2D eigenvalue weighted by Gasteiger charge is -2.18. The van der Waals surface area contributed by atoms with Gasteiger partial charge in [-0.25, -0.2) is 23.7 Å². The van der Waals surface area contributed by atoms with Crippen molar-refractivity contribution in [2.24, 2.45) is 0 Å². The van der Waals surface area contributed by atoms with Gasteiger partial charge in [-0.05, 0) is 62.2 Å². The molecule has 9 heteroatoms. The van der Waals surface area contributed by atoms with Gasteiger partial charge in [-0.1, -0.05) is 6.07 Å². The summed E-state index contributed by atoms with van der Waals surface area (Å²) in [7, 11) is 0. The second-order valence-electron chi connectivity index (χ2n) is 8.31. The maximum Gasteiger partial charge on any atom is 0.269 e. The molecule has 0 fully saturated rings. The van der Waals surface area contributed by atoms with Crippen LogP contribution in [-0.2, 0) is 13.0 Å². The lowest BCUT2D eigenvalue weighted by molar-refractivity contribution is 0.591. The molecule has 1 aliphatic rings. The molecule has 4 aromatic rings. The summed E-state index contributed by atoms with van der Waals surface area (Å²) in [5, 5.41) is 6.44. The molecule has 0 amide bonds. The van der Waals surface area contributed by atoms with Gasteiger partial charge in [-0.2, -0.15) is 0 Å². The Morgan fingerprint density at radius 1 is 1.06 bits per heavy atom. The summed E-state index contributed by atoms with van der Waals surface area (Å²) in [6.07, 6.45) is 3.06. The number of hydrogen-bond donors (Lipinski definition) is 2. The molecular formula is C24H22F2N6O. The van der Waals surface area contributed by atoms with Crippen molar-refractivity contribution in [1.82, 2.24) is 24.8 Å². The highest BCUT2D eigenvalue weighted by molar-refractivity contribution is 5.82. The summed E-state index contributed by atoms with van der Waals surface area (Å²) < 4.78 is 31.0. The van der Waals surface area contributed by atoms with Crippen LogP contribution in [0.25, 0.3) is 22.3 Å². The van der Waals surface area contributed by atoms with Crippen LogP contribution < -0.4 is 16.2 Å². The van der Waals surface area contributed by atoms with E-state index < -0.39 is 11.6 Å². The smallest absolute Gasteiger partial charge is 0.269 e. The number of rotatable bonds is 4. The SMILES string of the molecule is CC(C)n1c(=O)cnc2c(F)cc(-c3nc(Nc4ccc5c(c4)CCNC5)ncc3F)cc21. The first-order chi connectivity index (χ1) is 15.9. The number of nitrogens with one attached hydrogen (secondary N) is 2. The zero-order valence-electron chi connectivity index (χ0n) is 18.2. The van der Waals surface area contributed by atoms with Crippen molar-refractivity contribution in [1.29, 1.82) is 0 Å². The number of aromatic nitrogens is 4. The Balaban J connectivity index is 1.57. The molecule has 0 saturated carbocycles. The minimum Gasteiger partial charge on any atom is -0.324 e. The van der Waals surface area contributed by atoms with E-state index in [1.54, 1.807) is 0 Å². The quantitative estimate of drug-likeness (QED) is 0.489. The number of anilines is 2. The van der Waals surface area contributed by atoms with E-state index in [4.69, 9.17) is 0 Å². The topological polar surface area (TPSA) is 84.7 Å². The van der Waals surface area contributed by atoms with Gasteiger partial charge in [0.2, 0.25) is 5.95 Å². The van der Waals surface area contributed by atoms with Crippen LogP contribution in [0.15, 0.2) is 47.5 Å². The third kappa shape index (κ3) is 3.95. The average molecular weight is 448 g/mol. The minimum atomic E-state index is -0.696. The molecule has 2 aromatic heterocycles. The van der Waals surface area contributed by atoms with Crippen LogP contribution in [0, 0.1) is 11.6 Å². The van der Waals surface area contributed by atoms with Crippen molar-refractivity contribution in [2.75, 3.05) is 11.9 Å². The number of hydrogen-bond acceptors (Lipinski definition) is 6. The molecule has 168 valence electrons. The van der Waals surface area contributed by atoms with Gasteiger partial charge < -0.3 is 15.2 Å². The Labute approximate surface area is 188 Å². The van der Waals surface area contributed by atoms with E-state index in [0.29, 0.717) is 0 Å². The van der Waals surface area contributed by atoms with E-state index in [9.17, 15) is 13.6 Å². The van der Waals surface area contributed by atoms with Crippen molar-refractivity contribution in [2.45, 2.75) is 32.9 Å². The van der Waals surface area contributed by atoms with Crippen LogP contribution in [0.5, 0.6) is 0 Å². The van der Waals surface area contributed by atoms with Crippen molar-refractivity contribution >= 4 is 22.7 Å². The highest BCUT2D eigenvalue weighted by atomic mass is 19.1. The Morgan fingerprint density at radius 2 is 1.91 bits per heavy atom. The summed E-state index contributed by atoms with van der Waals surface area (Å²) in [6, 6.07) is 8.46. The van der Waals surface area contributed by atoms with Gasteiger partial charge in [0, 0.05) is 23.8 Å². The molecule has 7 nitrogen and oxygen atoms in total. The fraction of sp³-hybridized carbons (Fsp3) is 0.250. The first kappa shape index (κ1) is 21.1. The molecule has 0 bridgehead atoms. The molecule has 5 rings (SSSR count). The standard InChI is InChI=1S/C24H22F2N6O/c1-13(2)32-20-9-16(8-18(25)23(20)28-12-21(32)33)22-19(26)11-29-24(31-22)30-17-4-3-15-10-27-6-5-14(15)7-17/h3-4,7-9,11-13,27H,5-6,10H2,1-2H3,(H,29,30,31). The predicted octanol–water partition coefficient (Wildman–Crippen LogP) is 4.10. The zero-order valence-corrected chi connectivity index (χ0v) is 18.2. The molecule has 3 heterocycles. The van der Waals surface area contributed by atoms with Crippen molar-refractivity contribution in [3.05, 3.63) is 75.8 Å². The van der Waals surface area contributed by atoms with Crippen LogP contribution in [-0.4, -0.2) is 26.1 Å². The van der Waals surface area contributed by atoms with E-state index in [0.717, 1.165) is 37.6 Å². The Kier molecular flexibility index (Phi) is 5.33. The first-order valence-corrected chi connectivity index (χ1v) is 10.7. The first-order valence-electron chi connectivity index (χ1n) is 10.7. The number of halogens is 2. The molecule has 33 heavy (non-hydrogen) atoms. The largest absolute Gasteiger partial charge is 0.324 e. The molecule has 2 aromatic carbocycles. The lowest BCUT2D eigenvalue weighted by atomic mass is 10.0. The normalized spacial score (nSPS) is 13.4. The average Bonchev–Trinajstić information content (AvgIpc) is 2.79. The van der Waals surface area contributed by atoms with Gasteiger partial charge in [0.25, 0.3) is 5.56 Å². The van der Waals surface area contributed by atoms with Crippen LogP contribution in [0.4, 0.5) is 20.4 Å². The Hall–Kier alpha value is -3.72. The van der Waals surface area contributed by atoms with E-state index in [-0.39, 0.29) is 39.8 Å². The molecule has 0 spiro atoms. The summed E-state index contributed by atoms with van der Waals surface area (Å²) in [6.45, 7) is 5.37. The monoisotopic (exact) mass is 448 g/mol. The van der Waals surface area contributed by atoms with Gasteiger partial charge in [-0.15, -0.1) is 0 Å². The van der Waals surface area contributed by atoms with E-state index in [1.807, 2.05) is 32.0 Å². The van der Waals surface area contributed by atoms with Gasteiger partial charge in [-0.3, -0.25) is 4.79 Å². The molecule has 0 atom stereocenters. The van der Waals surface area contributed by atoms with Gasteiger partial charge in [0.15, 0.2) is 11.6 Å². The van der Waals surface area contributed by atoms with Crippen molar-refractivity contribution < 1.29 is 8.78 Å². The molecule has 0 unspecified atom stereocenters. The molecule has 2 N–H and O–H groups in total. The fourth-order valence-electron chi connectivity index (χ4n) is 4.18. The summed E-state index contributed by atoms with van der Waals surface area (Å²) in [4.78, 5) is 24.6. The lowest BCUT2D eigenvalue weighted by Crippen LogP contribution is -2.23. The third-order valence-electron chi connectivity index (χ3n) is 5.73. The van der Waals surface area contributed by atoms with Crippen LogP contribution in [0.2, 0.25) is 0 Å². The van der Waals surface area contributed by atoms with Crippen molar-refractivity contribution in [3.8, 4) is 11.3 Å². The fourth-order valence-corrected chi connectivity index (χ4v) is 4.18. The maximum atomic E-state index is 14.9. The second-order valence-corrected chi connectivity index (χ2v) is 8.31. The molecule has 1 aliphatic heterocycles. The highest BCUT2D eigenvalue weighted by Crippen LogP contribution is 2.28. The van der Waals surface area contributed by atoms with Gasteiger partial charge >= 0.3 is 0 Å². The minimum absolute atomic E-state index is 0.0448. The van der Waals surface area contributed by atoms with E-state index in [1.165, 1.54) is 27.8 Å². The Morgan fingerprint density at radius 3 is 2.73 bits per heavy atom. The van der Waals surface area contributed by atoms with E-state index in [2.05, 4.69) is 25.6 Å². The molecule has 0 saturated heterocycles. The predicted molar refractivity (Wildman–Crippen MR) is 122 cm³/mol. The van der Waals surface area contributed by atoms with Crippen LogP contribution in [0.3, 0.4) is 0 Å². The highest BCUT2D eigenvalue weighted by Gasteiger charge is 2.17.